The van der Waals surface area contributed by atoms with E-state index in [2.05, 4.69) is 121 Å². The number of hydrogen-bond acceptors (Lipinski definition) is 9. The molecule has 324 valence electrons. The Kier molecular flexibility index (Phi) is 14.0. The summed E-state index contributed by atoms with van der Waals surface area (Å²) in [4.78, 5) is 28.9. The smallest absolute Gasteiger partial charge is 0.303 e. The number of carboxylic acids is 1. The van der Waals surface area contributed by atoms with Gasteiger partial charge in [0.1, 0.15) is 22.5 Å². The maximum Gasteiger partial charge on any atom is 0.303 e. The number of nitrogen functional groups attached to an aromatic ring is 2. The van der Waals surface area contributed by atoms with E-state index in [9.17, 15) is 4.79 Å². The molecule has 4 heterocycles. The number of hydrogen-bond donors (Lipinski definition) is 3. The van der Waals surface area contributed by atoms with Gasteiger partial charge in [-0.2, -0.15) is 0 Å². The number of carbonyl (C=O) groups is 1. The summed E-state index contributed by atoms with van der Waals surface area (Å²) in [6.07, 6.45) is 9.13. The molecule has 0 atom stereocenters. The second-order valence-corrected chi connectivity index (χ2v) is 17.1. The van der Waals surface area contributed by atoms with E-state index in [1.54, 1.807) is 0 Å². The fourth-order valence-corrected chi connectivity index (χ4v) is 7.86. The molecule has 8 rings (SSSR count). The van der Waals surface area contributed by atoms with Gasteiger partial charge in [0.15, 0.2) is 11.6 Å². The molecule has 10 nitrogen and oxygen atoms in total. The number of fused-ring (bicyclic) bond motifs is 6. The monoisotopic (exact) mass is 842 g/mol. The number of ether oxygens (including phenoxy) is 2. The van der Waals surface area contributed by atoms with Crippen LogP contribution in [-0.4, -0.2) is 44.2 Å². The first-order chi connectivity index (χ1) is 30.3. The summed E-state index contributed by atoms with van der Waals surface area (Å²) in [7, 11) is 0. The number of anilines is 2. The molecule has 5 N–H and O–H groups in total. The Morgan fingerprint density at radius 3 is 1.52 bits per heavy atom. The third-order valence-corrected chi connectivity index (χ3v) is 11.5. The Morgan fingerprint density at radius 1 is 0.603 bits per heavy atom. The third-order valence-electron chi connectivity index (χ3n) is 11.5. The van der Waals surface area contributed by atoms with Crippen LogP contribution in [0.15, 0.2) is 97.3 Å². The molecule has 0 aliphatic heterocycles. The normalized spacial score (nSPS) is 11.3. The van der Waals surface area contributed by atoms with E-state index >= 15 is 0 Å². The molecule has 0 aliphatic rings. The van der Waals surface area contributed by atoms with E-state index in [0.29, 0.717) is 30.6 Å². The molecule has 0 bridgehead atoms. The van der Waals surface area contributed by atoms with Gasteiger partial charge in [-0.15, -0.1) is 0 Å². The number of nitrogens with zero attached hydrogens (tertiary/aromatic N) is 4. The lowest BCUT2D eigenvalue weighted by atomic mass is 9.99. The van der Waals surface area contributed by atoms with Crippen LogP contribution in [-0.2, 0) is 30.5 Å². The van der Waals surface area contributed by atoms with Gasteiger partial charge in [-0.05, 0) is 165 Å². The highest BCUT2D eigenvalue weighted by molar-refractivity contribution is 6.09. The van der Waals surface area contributed by atoms with Crippen molar-refractivity contribution in [1.82, 2.24) is 19.9 Å². The Labute approximate surface area is 369 Å². The van der Waals surface area contributed by atoms with Crippen molar-refractivity contribution >= 4 is 61.2 Å². The van der Waals surface area contributed by atoms with E-state index in [-0.39, 0.29) is 6.42 Å². The van der Waals surface area contributed by atoms with Crippen molar-refractivity contribution in [2.24, 2.45) is 5.92 Å². The predicted molar refractivity (Wildman–Crippen MR) is 257 cm³/mol. The van der Waals surface area contributed by atoms with E-state index in [0.717, 1.165) is 111 Å². The van der Waals surface area contributed by atoms with E-state index < -0.39 is 5.97 Å². The summed E-state index contributed by atoms with van der Waals surface area (Å²) < 4.78 is 11.6. The van der Waals surface area contributed by atoms with E-state index in [1.807, 2.05) is 37.5 Å². The maximum atomic E-state index is 10.6. The van der Waals surface area contributed by atoms with Crippen LogP contribution in [0.2, 0.25) is 0 Å². The van der Waals surface area contributed by atoms with Crippen molar-refractivity contribution in [2.75, 3.05) is 24.7 Å². The number of aliphatic carboxylic acids is 1. The molecule has 0 saturated carbocycles. The van der Waals surface area contributed by atoms with Crippen LogP contribution in [0.25, 0.3) is 43.6 Å². The van der Waals surface area contributed by atoms with Crippen molar-refractivity contribution < 1.29 is 19.4 Å². The molecule has 0 spiro atoms. The molecule has 63 heavy (non-hydrogen) atoms. The highest BCUT2D eigenvalue weighted by atomic mass is 16.5. The standard InChI is InChI=1S/C27H31N3O.C26H27N3O3/c1-17(2)11-12-31-22-9-8-21(19(4)14-22)7-6-20-15-24-23-10-5-18(3)13-25(23)30-27(28)26(24)29-16-20;1-16-5-10-21-22-14-18(15-28-25(22)26(27)29-23(21)12-16)6-7-19-8-9-20(13-17(19)2)32-11-3-4-24(30)31/h5,8-10,13-17H,6-7,11-12H2,1-4H3,(H2,28,30);5,8-10,12-15H,3-4,6-7,11H2,1-2H3,(H2,27,29)(H,30,31). The average Bonchev–Trinajstić information content (AvgIpc) is 3.24. The maximum absolute atomic E-state index is 10.6. The second kappa shape index (κ2) is 19.9. The van der Waals surface area contributed by atoms with Crippen molar-refractivity contribution in [2.45, 2.75) is 86.5 Å². The molecule has 0 aliphatic carbocycles. The molecule has 0 fully saturated rings. The molecule has 8 aromatic rings. The summed E-state index contributed by atoms with van der Waals surface area (Å²) >= 11 is 0. The Balaban J connectivity index is 0.000000189. The minimum Gasteiger partial charge on any atom is -0.494 e. The van der Waals surface area contributed by atoms with Crippen LogP contribution in [0.4, 0.5) is 11.6 Å². The quantitative estimate of drug-likeness (QED) is 0.0669. The Bertz CT molecular complexity index is 2930. The van der Waals surface area contributed by atoms with Crippen molar-refractivity contribution in [1.29, 1.82) is 0 Å². The second-order valence-electron chi connectivity index (χ2n) is 17.1. The molecule has 4 aromatic carbocycles. The molecule has 0 radical (unpaired) electrons. The van der Waals surface area contributed by atoms with Gasteiger partial charge < -0.3 is 26.0 Å². The molecule has 10 heteroatoms. The van der Waals surface area contributed by atoms with Crippen LogP contribution in [0.5, 0.6) is 11.5 Å². The Hall–Kier alpha value is -6.81. The number of rotatable bonds is 15. The Morgan fingerprint density at radius 2 is 1.08 bits per heavy atom. The van der Waals surface area contributed by atoms with Gasteiger partial charge >= 0.3 is 5.97 Å². The van der Waals surface area contributed by atoms with Gasteiger partial charge in [0.05, 0.1) is 24.2 Å². The fourth-order valence-electron chi connectivity index (χ4n) is 7.86. The average molecular weight is 843 g/mol. The number of benzene rings is 4. The summed E-state index contributed by atoms with van der Waals surface area (Å²) in [5.41, 5.74) is 25.4. The zero-order chi connectivity index (χ0) is 44.6. The SMILES string of the molecule is Cc1ccc2c(c1)nc(N)c1ncc(CCc3ccc(OCCC(C)C)cc3C)cc12.Cc1ccc2c(c1)nc(N)c1ncc(CCc3ccc(OCCCC(=O)O)cc3C)cc12. The zero-order valence-electron chi connectivity index (χ0n) is 37.3. The first-order valence-corrected chi connectivity index (χ1v) is 21.9. The van der Waals surface area contributed by atoms with Crippen molar-refractivity contribution in [3.8, 4) is 11.5 Å². The lowest BCUT2D eigenvalue weighted by molar-refractivity contribution is -0.137. The van der Waals surface area contributed by atoms with Crippen molar-refractivity contribution in [3.05, 3.63) is 142 Å². The van der Waals surface area contributed by atoms with Crippen molar-refractivity contribution in [3.63, 3.8) is 0 Å². The number of pyridine rings is 4. The van der Waals surface area contributed by atoms with E-state index in [4.69, 9.17) is 26.0 Å². The lowest BCUT2D eigenvalue weighted by Gasteiger charge is -2.12. The number of carboxylic acid groups (broad SMARTS) is 1. The minimum atomic E-state index is -0.801. The van der Waals surface area contributed by atoms with Crippen LogP contribution >= 0.6 is 0 Å². The predicted octanol–water partition coefficient (Wildman–Crippen LogP) is 11.2. The number of nitrogens with two attached hydrogens (primary N) is 2. The van der Waals surface area contributed by atoms with Gasteiger partial charge in [0, 0.05) is 40.4 Å². The largest absolute Gasteiger partial charge is 0.494 e. The number of aryl methyl sites for hydroxylation is 8. The number of aromatic nitrogens is 4. The highest BCUT2D eigenvalue weighted by Crippen LogP contribution is 2.30. The van der Waals surface area contributed by atoms with Gasteiger partial charge in [-0.1, -0.05) is 50.2 Å². The van der Waals surface area contributed by atoms with Gasteiger partial charge in [-0.25, -0.2) is 9.97 Å². The fraction of sp³-hybridized carbons (Fsp3) is 0.302. The van der Waals surface area contributed by atoms with Crippen LogP contribution < -0.4 is 20.9 Å². The van der Waals surface area contributed by atoms with Crippen LogP contribution in [0, 0.1) is 33.6 Å². The summed E-state index contributed by atoms with van der Waals surface area (Å²) in [5, 5.41) is 13.0. The lowest BCUT2D eigenvalue weighted by Crippen LogP contribution is -2.03. The first kappa shape index (κ1) is 44.3. The molecule has 0 saturated heterocycles. The van der Waals surface area contributed by atoms with Crippen LogP contribution in [0.1, 0.15) is 77.6 Å². The first-order valence-electron chi connectivity index (χ1n) is 21.9. The zero-order valence-corrected chi connectivity index (χ0v) is 37.3. The third kappa shape index (κ3) is 11.2. The topological polar surface area (TPSA) is 159 Å². The van der Waals surface area contributed by atoms with Gasteiger partial charge in [-0.3, -0.25) is 14.8 Å². The minimum absolute atomic E-state index is 0.119. The molecule has 0 unspecified atom stereocenters. The molecule has 4 aromatic heterocycles. The molecular formula is C53H58N6O4. The van der Waals surface area contributed by atoms with Crippen LogP contribution in [0.3, 0.4) is 0 Å². The molecular weight excluding hydrogens is 785 g/mol. The summed E-state index contributed by atoms with van der Waals surface area (Å²) in [6.45, 7) is 13.9. The van der Waals surface area contributed by atoms with E-state index in [1.165, 1.54) is 27.8 Å². The van der Waals surface area contributed by atoms with Gasteiger partial charge in [0.25, 0.3) is 0 Å². The summed E-state index contributed by atoms with van der Waals surface area (Å²) in [6, 6.07) is 29.4. The molecule has 0 amide bonds. The van der Waals surface area contributed by atoms with Gasteiger partial charge in [0.2, 0.25) is 0 Å². The highest BCUT2D eigenvalue weighted by Gasteiger charge is 2.12. The summed E-state index contributed by atoms with van der Waals surface area (Å²) in [5.74, 6) is 2.53.